The van der Waals surface area contributed by atoms with Gasteiger partial charge in [-0.3, -0.25) is 9.78 Å². The van der Waals surface area contributed by atoms with Crippen LogP contribution >= 0.6 is 0 Å². The Kier molecular flexibility index (Phi) is 3.79. The van der Waals surface area contributed by atoms with Gasteiger partial charge in [0.1, 0.15) is 5.69 Å². The van der Waals surface area contributed by atoms with Crippen LogP contribution < -0.4 is 16.6 Å². The van der Waals surface area contributed by atoms with Crippen LogP contribution in [0.3, 0.4) is 0 Å². The third-order valence-electron chi connectivity index (χ3n) is 3.70. The molecule has 1 aromatic heterocycles. The predicted octanol–water partition coefficient (Wildman–Crippen LogP) is 1.05. The zero-order valence-electron chi connectivity index (χ0n) is 11.5. The number of benzene rings is 1. The number of anilines is 1. The van der Waals surface area contributed by atoms with Gasteiger partial charge in [-0.1, -0.05) is 24.3 Å². The Bertz CT molecular complexity index is 658. The minimum absolute atomic E-state index is 0.128. The van der Waals surface area contributed by atoms with Crippen molar-refractivity contribution in [1.29, 1.82) is 0 Å². The van der Waals surface area contributed by atoms with Crippen molar-refractivity contribution in [2.24, 2.45) is 5.84 Å². The lowest BCUT2D eigenvalue weighted by molar-refractivity contribution is 0.0928. The summed E-state index contributed by atoms with van der Waals surface area (Å²) in [6.07, 6.45) is 5.67. The van der Waals surface area contributed by atoms with Gasteiger partial charge in [-0.05, 0) is 30.4 Å². The molecule has 4 N–H and O–H groups in total. The SMILES string of the molecule is NNc1cncc(C(=O)NC2CCc3ccccc3C2)n1. The van der Waals surface area contributed by atoms with Crippen LogP contribution in [0.5, 0.6) is 0 Å². The molecule has 0 radical (unpaired) electrons. The largest absolute Gasteiger partial charge is 0.348 e. The molecule has 0 saturated carbocycles. The maximum atomic E-state index is 12.2. The van der Waals surface area contributed by atoms with Crippen molar-refractivity contribution in [3.8, 4) is 0 Å². The van der Waals surface area contributed by atoms with Gasteiger partial charge in [0, 0.05) is 6.04 Å². The zero-order valence-corrected chi connectivity index (χ0v) is 11.5. The number of hydrogen-bond acceptors (Lipinski definition) is 5. The van der Waals surface area contributed by atoms with Gasteiger partial charge in [0.15, 0.2) is 5.82 Å². The van der Waals surface area contributed by atoms with Gasteiger partial charge in [0.05, 0.1) is 12.4 Å². The summed E-state index contributed by atoms with van der Waals surface area (Å²) in [5.74, 6) is 5.43. The van der Waals surface area contributed by atoms with E-state index in [4.69, 9.17) is 5.84 Å². The molecule has 1 heterocycles. The van der Waals surface area contributed by atoms with Crippen molar-refractivity contribution in [3.63, 3.8) is 0 Å². The lowest BCUT2D eigenvalue weighted by Gasteiger charge is -2.25. The fourth-order valence-corrected chi connectivity index (χ4v) is 2.63. The number of nitrogens with zero attached hydrogens (tertiary/aromatic N) is 2. The van der Waals surface area contributed by atoms with Gasteiger partial charge < -0.3 is 10.7 Å². The second-order valence-corrected chi connectivity index (χ2v) is 5.12. The highest BCUT2D eigenvalue weighted by atomic mass is 16.1. The number of rotatable bonds is 3. The lowest BCUT2D eigenvalue weighted by Crippen LogP contribution is -2.39. The van der Waals surface area contributed by atoms with E-state index in [1.807, 2.05) is 6.07 Å². The number of carbonyl (C=O) groups is 1. The van der Waals surface area contributed by atoms with Gasteiger partial charge in [0.2, 0.25) is 0 Å². The standard InChI is InChI=1S/C15H17N5O/c16-20-14-9-17-8-13(19-14)15(21)18-12-6-5-10-3-1-2-4-11(10)7-12/h1-4,8-9,12H,5-7,16H2,(H,18,21)(H,19,20). The van der Waals surface area contributed by atoms with Crippen molar-refractivity contribution in [2.45, 2.75) is 25.3 Å². The highest BCUT2D eigenvalue weighted by molar-refractivity contribution is 5.92. The minimum atomic E-state index is -0.219. The molecule has 6 nitrogen and oxygen atoms in total. The van der Waals surface area contributed by atoms with E-state index in [1.54, 1.807) is 0 Å². The predicted molar refractivity (Wildman–Crippen MR) is 79.6 cm³/mol. The Balaban J connectivity index is 1.68. The number of nitrogens with one attached hydrogen (secondary N) is 2. The maximum Gasteiger partial charge on any atom is 0.271 e. The Labute approximate surface area is 122 Å². The first-order valence-corrected chi connectivity index (χ1v) is 6.92. The Morgan fingerprint density at radius 2 is 2.05 bits per heavy atom. The highest BCUT2D eigenvalue weighted by Crippen LogP contribution is 2.21. The van der Waals surface area contributed by atoms with Crippen LogP contribution in [0.4, 0.5) is 5.82 Å². The average Bonchev–Trinajstić information content (AvgIpc) is 2.54. The molecule has 0 fully saturated rings. The number of amides is 1. The smallest absolute Gasteiger partial charge is 0.271 e. The number of hydrazine groups is 1. The van der Waals surface area contributed by atoms with E-state index in [2.05, 4.69) is 38.9 Å². The molecule has 6 heteroatoms. The summed E-state index contributed by atoms with van der Waals surface area (Å²) in [5, 5.41) is 3.02. The number of carbonyl (C=O) groups excluding carboxylic acids is 1. The Morgan fingerprint density at radius 3 is 2.86 bits per heavy atom. The summed E-state index contributed by atoms with van der Waals surface area (Å²) >= 11 is 0. The monoisotopic (exact) mass is 283 g/mol. The summed E-state index contributed by atoms with van der Waals surface area (Å²) in [7, 11) is 0. The first-order valence-electron chi connectivity index (χ1n) is 6.92. The maximum absolute atomic E-state index is 12.2. The second kappa shape index (κ2) is 5.88. The summed E-state index contributed by atoms with van der Waals surface area (Å²) < 4.78 is 0. The molecule has 21 heavy (non-hydrogen) atoms. The molecule has 0 aliphatic heterocycles. The van der Waals surface area contributed by atoms with Crippen LogP contribution in [0.25, 0.3) is 0 Å². The Hall–Kier alpha value is -2.47. The van der Waals surface area contributed by atoms with Gasteiger partial charge in [-0.15, -0.1) is 0 Å². The molecule has 1 unspecified atom stereocenters. The summed E-state index contributed by atoms with van der Waals surface area (Å²) in [6.45, 7) is 0. The van der Waals surface area contributed by atoms with Crippen LogP contribution in [0.1, 0.15) is 28.0 Å². The number of hydrogen-bond donors (Lipinski definition) is 3. The molecule has 3 rings (SSSR count). The molecule has 0 spiro atoms. The van der Waals surface area contributed by atoms with Gasteiger partial charge in [-0.25, -0.2) is 10.8 Å². The first kappa shape index (κ1) is 13.5. The quantitative estimate of drug-likeness (QED) is 0.578. The van der Waals surface area contributed by atoms with E-state index in [0.717, 1.165) is 19.3 Å². The molecule has 1 atom stereocenters. The summed E-state index contributed by atoms with van der Waals surface area (Å²) in [4.78, 5) is 20.2. The molecule has 2 aromatic rings. The third kappa shape index (κ3) is 3.00. The molecule has 0 bridgehead atoms. The van der Waals surface area contributed by atoms with Crippen molar-refractivity contribution in [3.05, 3.63) is 53.5 Å². The van der Waals surface area contributed by atoms with Crippen LogP contribution in [-0.4, -0.2) is 21.9 Å². The first-order chi connectivity index (χ1) is 10.3. The van der Waals surface area contributed by atoms with Gasteiger partial charge in [-0.2, -0.15) is 0 Å². The highest BCUT2D eigenvalue weighted by Gasteiger charge is 2.21. The fourth-order valence-electron chi connectivity index (χ4n) is 2.63. The van der Waals surface area contributed by atoms with E-state index in [0.29, 0.717) is 5.82 Å². The third-order valence-corrected chi connectivity index (χ3v) is 3.70. The second-order valence-electron chi connectivity index (χ2n) is 5.12. The van der Waals surface area contributed by atoms with E-state index in [9.17, 15) is 4.79 Å². The minimum Gasteiger partial charge on any atom is -0.348 e. The molecule has 1 aliphatic rings. The fraction of sp³-hybridized carbons (Fsp3) is 0.267. The summed E-state index contributed by atoms with van der Waals surface area (Å²) in [5.41, 5.74) is 5.33. The average molecular weight is 283 g/mol. The Morgan fingerprint density at radius 1 is 1.24 bits per heavy atom. The number of nitrogens with two attached hydrogens (primary N) is 1. The topological polar surface area (TPSA) is 92.9 Å². The summed E-state index contributed by atoms with van der Waals surface area (Å²) in [6, 6.07) is 8.48. The molecule has 0 saturated heterocycles. The van der Waals surface area contributed by atoms with Crippen LogP contribution in [0.15, 0.2) is 36.7 Å². The molecular formula is C15H17N5O. The number of aryl methyl sites for hydroxylation is 1. The van der Waals surface area contributed by atoms with Gasteiger partial charge >= 0.3 is 0 Å². The molecule has 108 valence electrons. The van der Waals surface area contributed by atoms with E-state index >= 15 is 0 Å². The normalized spacial score (nSPS) is 16.9. The van der Waals surface area contributed by atoms with Crippen LogP contribution in [0.2, 0.25) is 0 Å². The van der Waals surface area contributed by atoms with E-state index in [1.165, 1.54) is 23.5 Å². The van der Waals surface area contributed by atoms with Crippen molar-refractivity contribution in [1.82, 2.24) is 15.3 Å². The van der Waals surface area contributed by atoms with Crippen LogP contribution in [0, 0.1) is 0 Å². The van der Waals surface area contributed by atoms with E-state index in [-0.39, 0.29) is 17.6 Å². The molecule has 1 aliphatic carbocycles. The number of nitrogen functional groups attached to an aromatic ring is 1. The van der Waals surface area contributed by atoms with Crippen molar-refractivity contribution >= 4 is 11.7 Å². The van der Waals surface area contributed by atoms with E-state index < -0.39 is 0 Å². The number of fused-ring (bicyclic) bond motifs is 1. The lowest BCUT2D eigenvalue weighted by atomic mass is 9.88. The van der Waals surface area contributed by atoms with Crippen LogP contribution in [-0.2, 0) is 12.8 Å². The number of aromatic nitrogens is 2. The van der Waals surface area contributed by atoms with Crippen molar-refractivity contribution < 1.29 is 4.79 Å². The molecule has 1 aromatic carbocycles. The molecular weight excluding hydrogens is 266 g/mol. The molecule has 1 amide bonds. The van der Waals surface area contributed by atoms with Gasteiger partial charge in [0.25, 0.3) is 5.91 Å². The zero-order chi connectivity index (χ0) is 14.7. The van der Waals surface area contributed by atoms with Crippen molar-refractivity contribution in [2.75, 3.05) is 5.43 Å².